The summed E-state index contributed by atoms with van der Waals surface area (Å²) in [6.07, 6.45) is 2.30. The second-order valence-corrected chi connectivity index (χ2v) is 5.45. The van der Waals surface area contributed by atoms with Crippen LogP contribution in [0.4, 0.5) is 11.6 Å². The minimum Gasteiger partial charge on any atom is -0.389 e. The molecule has 1 aliphatic rings. The molecule has 0 saturated heterocycles. The fourth-order valence-electron chi connectivity index (χ4n) is 1.85. The highest BCUT2D eigenvalue weighted by molar-refractivity contribution is 5.47. The molecule has 0 amide bonds. The molecule has 5 nitrogen and oxygen atoms in total. The largest absolute Gasteiger partial charge is 0.389 e. The van der Waals surface area contributed by atoms with Gasteiger partial charge in [-0.2, -0.15) is 0 Å². The van der Waals surface area contributed by atoms with Crippen LogP contribution in [0.5, 0.6) is 0 Å². The van der Waals surface area contributed by atoms with Gasteiger partial charge in [0.1, 0.15) is 17.5 Å². The van der Waals surface area contributed by atoms with Crippen LogP contribution in [-0.4, -0.2) is 34.3 Å². The molecule has 94 valence electrons. The van der Waals surface area contributed by atoms with Crippen molar-refractivity contribution < 1.29 is 5.11 Å². The SMILES string of the molecule is CN(CC(C)(C)O)c1cc(N)nc(C2CC2)n1. The zero-order chi connectivity index (χ0) is 12.6. The van der Waals surface area contributed by atoms with Crippen LogP contribution < -0.4 is 10.6 Å². The van der Waals surface area contributed by atoms with E-state index in [1.165, 1.54) is 0 Å². The topological polar surface area (TPSA) is 75.3 Å². The summed E-state index contributed by atoms with van der Waals surface area (Å²) in [4.78, 5) is 10.7. The zero-order valence-corrected chi connectivity index (χ0v) is 10.6. The Morgan fingerprint density at radius 3 is 2.65 bits per heavy atom. The molecule has 3 N–H and O–H groups in total. The monoisotopic (exact) mass is 236 g/mol. The molecule has 1 aromatic heterocycles. The second kappa shape index (κ2) is 4.14. The Labute approximate surface area is 102 Å². The first-order valence-electron chi connectivity index (χ1n) is 5.93. The van der Waals surface area contributed by atoms with Gasteiger partial charge in [0, 0.05) is 25.6 Å². The summed E-state index contributed by atoms with van der Waals surface area (Å²) in [7, 11) is 1.90. The van der Waals surface area contributed by atoms with Gasteiger partial charge in [-0.15, -0.1) is 0 Å². The van der Waals surface area contributed by atoms with E-state index in [2.05, 4.69) is 9.97 Å². The van der Waals surface area contributed by atoms with Crippen molar-refractivity contribution in [3.05, 3.63) is 11.9 Å². The third-order valence-electron chi connectivity index (χ3n) is 2.71. The van der Waals surface area contributed by atoms with Crippen LogP contribution in [0.25, 0.3) is 0 Å². The number of aliphatic hydroxyl groups is 1. The number of nitrogens with zero attached hydrogens (tertiary/aromatic N) is 3. The average Bonchev–Trinajstić information content (AvgIpc) is 2.96. The third-order valence-corrected chi connectivity index (χ3v) is 2.71. The van der Waals surface area contributed by atoms with Crippen molar-refractivity contribution in [3.8, 4) is 0 Å². The fourth-order valence-corrected chi connectivity index (χ4v) is 1.85. The second-order valence-electron chi connectivity index (χ2n) is 5.45. The van der Waals surface area contributed by atoms with Gasteiger partial charge in [-0.1, -0.05) is 0 Å². The van der Waals surface area contributed by atoms with E-state index in [-0.39, 0.29) is 0 Å². The predicted molar refractivity (Wildman–Crippen MR) is 68.0 cm³/mol. The van der Waals surface area contributed by atoms with Crippen molar-refractivity contribution in [1.82, 2.24) is 9.97 Å². The van der Waals surface area contributed by atoms with E-state index in [1.54, 1.807) is 19.9 Å². The van der Waals surface area contributed by atoms with Crippen molar-refractivity contribution in [2.75, 3.05) is 24.2 Å². The van der Waals surface area contributed by atoms with E-state index in [0.29, 0.717) is 18.3 Å². The van der Waals surface area contributed by atoms with Crippen molar-refractivity contribution in [1.29, 1.82) is 0 Å². The Balaban J connectivity index is 2.19. The number of aromatic nitrogens is 2. The average molecular weight is 236 g/mol. The molecule has 1 aromatic rings. The quantitative estimate of drug-likeness (QED) is 0.820. The number of nitrogens with two attached hydrogens (primary N) is 1. The highest BCUT2D eigenvalue weighted by Crippen LogP contribution is 2.38. The summed E-state index contributed by atoms with van der Waals surface area (Å²) in [6, 6.07) is 1.75. The lowest BCUT2D eigenvalue weighted by Gasteiger charge is -2.26. The zero-order valence-electron chi connectivity index (χ0n) is 10.6. The summed E-state index contributed by atoms with van der Waals surface area (Å²) in [5.41, 5.74) is 5.03. The molecular formula is C12H20N4O. The Morgan fingerprint density at radius 1 is 1.47 bits per heavy atom. The molecule has 1 heterocycles. The maximum Gasteiger partial charge on any atom is 0.136 e. The van der Waals surface area contributed by atoms with Crippen LogP contribution >= 0.6 is 0 Å². The summed E-state index contributed by atoms with van der Waals surface area (Å²) < 4.78 is 0. The minimum atomic E-state index is -0.756. The highest BCUT2D eigenvalue weighted by atomic mass is 16.3. The van der Waals surface area contributed by atoms with Crippen LogP contribution in [0, 0.1) is 0 Å². The molecule has 5 heteroatoms. The van der Waals surface area contributed by atoms with Gasteiger partial charge in [-0.3, -0.25) is 0 Å². The molecule has 0 bridgehead atoms. The molecule has 17 heavy (non-hydrogen) atoms. The molecule has 0 atom stereocenters. The van der Waals surface area contributed by atoms with Crippen molar-refractivity contribution in [2.24, 2.45) is 0 Å². The Bertz CT molecular complexity index is 409. The molecule has 0 radical (unpaired) electrons. The first-order valence-corrected chi connectivity index (χ1v) is 5.93. The minimum absolute atomic E-state index is 0.479. The molecule has 0 aromatic carbocycles. The number of hydrogen-bond donors (Lipinski definition) is 2. The number of anilines is 2. The number of rotatable bonds is 4. The van der Waals surface area contributed by atoms with Crippen LogP contribution in [0.3, 0.4) is 0 Å². The predicted octanol–water partition coefficient (Wildman–Crippen LogP) is 1.14. The maximum absolute atomic E-state index is 9.79. The van der Waals surface area contributed by atoms with E-state index in [1.807, 2.05) is 11.9 Å². The molecule has 2 rings (SSSR count). The van der Waals surface area contributed by atoms with E-state index in [9.17, 15) is 5.11 Å². The Kier molecular flexibility index (Phi) is 2.95. The maximum atomic E-state index is 9.79. The van der Waals surface area contributed by atoms with Gasteiger partial charge >= 0.3 is 0 Å². The van der Waals surface area contributed by atoms with Crippen LogP contribution in [0.2, 0.25) is 0 Å². The number of hydrogen-bond acceptors (Lipinski definition) is 5. The van der Waals surface area contributed by atoms with Crippen molar-refractivity contribution in [2.45, 2.75) is 38.2 Å². The van der Waals surface area contributed by atoms with Gasteiger partial charge in [0.05, 0.1) is 5.60 Å². The number of likely N-dealkylation sites (N-methyl/N-ethyl adjacent to an activating group) is 1. The van der Waals surface area contributed by atoms with Crippen LogP contribution in [0.1, 0.15) is 38.4 Å². The van der Waals surface area contributed by atoms with Gasteiger partial charge < -0.3 is 15.7 Å². The van der Waals surface area contributed by atoms with Crippen LogP contribution in [-0.2, 0) is 0 Å². The first-order chi connectivity index (χ1) is 7.85. The molecule has 1 fully saturated rings. The summed E-state index contributed by atoms with van der Waals surface area (Å²) in [5, 5.41) is 9.79. The van der Waals surface area contributed by atoms with E-state index >= 15 is 0 Å². The fraction of sp³-hybridized carbons (Fsp3) is 0.667. The summed E-state index contributed by atoms with van der Waals surface area (Å²) in [6.45, 7) is 4.05. The van der Waals surface area contributed by atoms with Gasteiger partial charge in [-0.05, 0) is 26.7 Å². The molecular weight excluding hydrogens is 216 g/mol. The van der Waals surface area contributed by atoms with Gasteiger partial charge in [-0.25, -0.2) is 9.97 Å². The lowest BCUT2D eigenvalue weighted by Crippen LogP contribution is -2.36. The van der Waals surface area contributed by atoms with Gasteiger partial charge in [0.2, 0.25) is 0 Å². The summed E-state index contributed by atoms with van der Waals surface area (Å²) >= 11 is 0. The summed E-state index contributed by atoms with van der Waals surface area (Å²) in [5.74, 6) is 2.59. The lowest BCUT2D eigenvalue weighted by atomic mass is 10.1. The first kappa shape index (κ1) is 12.1. The van der Waals surface area contributed by atoms with E-state index in [4.69, 9.17) is 5.73 Å². The molecule has 1 saturated carbocycles. The normalized spacial score (nSPS) is 16.0. The molecule has 0 spiro atoms. The third kappa shape index (κ3) is 3.30. The van der Waals surface area contributed by atoms with E-state index < -0.39 is 5.60 Å². The molecule has 1 aliphatic carbocycles. The van der Waals surface area contributed by atoms with Gasteiger partial charge in [0.15, 0.2) is 0 Å². The standard InChI is InChI=1S/C12H20N4O/c1-12(2,17)7-16(3)10-6-9(13)14-11(15-10)8-4-5-8/h6,8,17H,4-5,7H2,1-3H3,(H2,13,14,15). The van der Waals surface area contributed by atoms with E-state index in [0.717, 1.165) is 24.5 Å². The van der Waals surface area contributed by atoms with Crippen LogP contribution in [0.15, 0.2) is 6.07 Å². The van der Waals surface area contributed by atoms with Gasteiger partial charge in [0.25, 0.3) is 0 Å². The lowest BCUT2D eigenvalue weighted by molar-refractivity contribution is 0.0884. The number of nitrogen functional groups attached to an aromatic ring is 1. The van der Waals surface area contributed by atoms with Crippen molar-refractivity contribution >= 4 is 11.6 Å². The Hall–Kier alpha value is -1.36. The molecule has 0 aliphatic heterocycles. The smallest absolute Gasteiger partial charge is 0.136 e. The highest BCUT2D eigenvalue weighted by Gasteiger charge is 2.28. The van der Waals surface area contributed by atoms with Crippen molar-refractivity contribution in [3.63, 3.8) is 0 Å². The Morgan fingerprint density at radius 2 is 2.12 bits per heavy atom. The molecule has 0 unspecified atom stereocenters.